The number of hydrogen-bond donors (Lipinski definition) is 0. The van der Waals surface area contributed by atoms with Crippen molar-refractivity contribution in [1.29, 1.82) is 0 Å². The second kappa shape index (κ2) is 10.4. The molecule has 224 valence electrons. The van der Waals surface area contributed by atoms with E-state index in [1.165, 1.54) is 55.3 Å². The van der Waals surface area contributed by atoms with E-state index in [1.54, 1.807) is 0 Å². The molecule has 0 saturated carbocycles. The van der Waals surface area contributed by atoms with E-state index in [-0.39, 0.29) is 0 Å². The molecule has 2 heterocycles. The summed E-state index contributed by atoms with van der Waals surface area (Å²) in [7, 11) is 0. The van der Waals surface area contributed by atoms with Crippen LogP contribution < -0.4 is 0 Å². The molecule has 9 aromatic rings. The van der Waals surface area contributed by atoms with Crippen LogP contribution in [0, 0.1) is 0 Å². The molecular weight excluding hydrogens is 581 g/mol. The molecule has 2 aromatic heterocycles. The van der Waals surface area contributed by atoms with Gasteiger partial charge in [-0.15, -0.1) is 0 Å². The van der Waals surface area contributed by atoms with Gasteiger partial charge in [0.25, 0.3) is 0 Å². The van der Waals surface area contributed by atoms with Gasteiger partial charge < -0.3 is 0 Å². The fourth-order valence-corrected chi connectivity index (χ4v) is 8.30. The van der Waals surface area contributed by atoms with E-state index in [2.05, 4.69) is 187 Å². The average molecular weight is 611 g/mol. The first kappa shape index (κ1) is 26.9. The van der Waals surface area contributed by atoms with E-state index in [0.29, 0.717) is 0 Å². The molecule has 0 radical (unpaired) electrons. The van der Waals surface area contributed by atoms with Crippen LogP contribution in [0.2, 0.25) is 0 Å². The van der Waals surface area contributed by atoms with Gasteiger partial charge in [0, 0.05) is 16.2 Å². The lowest BCUT2D eigenvalue weighted by atomic mass is 9.67. The van der Waals surface area contributed by atoms with E-state index >= 15 is 0 Å². The van der Waals surface area contributed by atoms with Crippen molar-refractivity contribution in [3.8, 4) is 28.1 Å². The lowest BCUT2D eigenvalue weighted by Gasteiger charge is -2.34. The van der Waals surface area contributed by atoms with Crippen LogP contribution in [0.4, 0.5) is 0 Å². The van der Waals surface area contributed by atoms with E-state index < -0.39 is 5.41 Å². The number of para-hydroxylation sites is 2. The third-order valence-electron chi connectivity index (χ3n) is 10.3. The first-order chi connectivity index (χ1) is 23.8. The molecule has 1 aliphatic carbocycles. The minimum atomic E-state index is -0.476. The molecular formula is C46H30N2. The molecule has 0 bridgehead atoms. The quantitative estimate of drug-likeness (QED) is 0.194. The predicted molar refractivity (Wildman–Crippen MR) is 199 cm³/mol. The predicted octanol–water partition coefficient (Wildman–Crippen LogP) is 11.4. The lowest BCUT2D eigenvalue weighted by Crippen LogP contribution is -2.28. The molecule has 0 atom stereocenters. The Bertz CT molecular complexity index is 2620. The number of rotatable bonds is 4. The Morgan fingerprint density at radius 2 is 0.979 bits per heavy atom. The van der Waals surface area contributed by atoms with E-state index in [4.69, 9.17) is 4.98 Å². The van der Waals surface area contributed by atoms with Gasteiger partial charge in [0.05, 0.1) is 22.0 Å². The van der Waals surface area contributed by atoms with Crippen molar-refractivity contribution in [2.75, 3.05) is 0 Å². The SMILES string of the molecule is c1ccc(-c2cc(-n3c4ccccc4c4ccc(C5(c6ccccc6)c6ccccc6-c6ccccc65)cc43)nc3ccccc23)cc1. The van der Waals surface area contributed by atoms with E-state index in [9.17, 15) is 0 Å². The van der Waals surface area contributed by atoms with Crippen molar-refractivity contribution < 1.29 is 0 Å². The summed E-state index contributed by atoms with van der Waals surface area (Å²) in [5.74, 6) is 0.914. The van der Waals surface area contributed by atoms with Crippen LogP contribution >= 0.6 is 0 Å². The Kier molecular flexibility index (Phi) is 5.82. The maximum absolute atomic E-state index is 5.34. The van der Waals surface area contributed by atoms with Gasteiger partial charge in [0.15, 0.2) is 0 Å². The van der Waals surface area contributed by atoms with Gasteiger partial charge in [0.1, 0.15) is 5.82 Å². The van der Waals surface area contributed by atoms with Crippen molar-refractivity contribution in [2.45, 2.75) is 5.41 Å². The third-order valence-corrected chi connectivity index (χ3v) is 10.3. The van der Waals surface area contributed by atoms with E-state index in [1.807, 2.05) is 0 Å². The van der Waals surface area contributed by atoms with Crippen LogP contribution in [0.3, 0.4) is 0 Å². The molecule has 0 N–H and O–H groups in total. The molecule has 2 nitrogen and oxygen atoms in total. The largest absolute Gasteiger partial charge is 0.294 e. The molecule has 1 aliphatic rings. The molecule has 0 unspecified atom stereocenters. The minimum absolute atomic E-state index is 0.476. The molecule has 0 saturated heterocycles. The number of nitrogens with zero attached hydrogens (tertiary/aromatic N) is 2. The Morgan fingerprint density at radius 3 is 1.73 bits per heavy atom. The van der Waals surface area contributed by atoms with Crippen molar-refractivity contribution in [3.63, 3.8) is 0 Å². The maximum atomic E-state index is 5.34. The summed E-state index contributed by atoms with van der Waals surface area (Å²) in [6.07, 6.45) is 0. The van der Waals surface area contributed by atoms with Crippen LogP contribution in [0.25, 0.3) is 60.8 Å². The van der Waals surface area contributed by atoms with Gasteiger partial charge in [-0.2, -0.15) is 0 Å². The van der Waals surface area contributed by atoms with Crippen molar-refractivity contribution in [2.24, 2.45) is 0 Å². The molecule has 10 rings (SSSR count). The summed E-state index contributed by atoms with van der Waals surface area (Å²) >= 11 is 0. The highest BCUT2D eigenvalue weighted by molar-refractivity contribution is 6.10. The summed E-state index contributed by atoms with van der Waals surface area (Å²) in [6, 6.07) is 66.2. The fraction of sp³-hybridized carbons (Fsp3) is 0.0217. The normalized spacial score (nSPS) is 13.2. The Labute approximate surface area is 279 Å². The van der Waals surface area contributed by atoms with Crippen molar-refractivity contribution in [1.82, 2.24) is 9.55 Å². The zero-order chi connectivity index (χ0) is 31.7. The van der Waals surface area contributed by atoms with Crippen LogP contribution in [0.15, 0.2) is 182 Å². The van der Waals surface area contributed by atoms with Gasteiger partial charge in [0.2, 0.25) is 0 Å². The zero-order valence-electron chi connectivity index (χ0n) is 26.2. The Hall–Kier alpha value is -6.25. The summed E-state index contributed by atoms with van der Waals surface area (Å²) < 4.78 is 2.37. The molecule has 0 fully saturated rings. The Morgan fingerprint density at radius 1 is 0.396 bits per heavy atom. The second-order valence-electron chi connectivity index (χ2n) is 12.7. The number of hydrogen-bond acceptors (Lipinski definition) is 1. The van der Waals surface area contributed by atoms with Gasteiger partial charge in [-0.3, -0.25) is 4.57 Å². The summed E-state index contributed by atoms with van der Waals surface area (Å²) in [5, 5.41) is 3.58. The number of aromatic nitrogens is 2. The van der Waals surface area contributed by atoms with Gasteiger partial charge >= 0.3 is 0 Å². The molecule has 0 amide bonds. The summed E-state index contributed by atoms with van der Waals surface area (Å²) in [5.41, 5.74) is 12.9. The van der Waals surface area contributed by atoms with Crippen LogP contribution in [-0.4, -0.2) is 9.55 Å². The molecule has 48 heavy (non-hydrogen) atoms. The van der Waals surface area contributed by atoms with Crippen LogP contribution in [0.1, 0.15) is 22.3 Å². The number of fused-ring (bicyclic) bond motifs is 7. The van der Waals surface area contributed by atoms with Crippen LogP contribution in [0.5, 0.6) is 0 Å². The minimum Gasteiger partial charge on any atom is -0.294 e. The highest BCUT2D eigenvalue weighted by atomic mass is 15.1. The standard InChI is InChI=1S/C46H30N2/c1-3-15-31(16-4-1)39-30-45(47-42-25-13-9-21-36(39)42)48-43-26-14-10-22-37(43)38-28-27-33(29-44(38)48)46(32-17-5-2-6-18-32)40-23-11-7-19-34(40)35-20-8-12-24-41(35)46/h1-30H. The van der Waals surface area contributed by atoms with Crippen molar-refractivity contribution >= 4 is 32.7 Å². The topological polar surface area (TPSA) is 17.8 Å². The smallest absolute Gasteiger partial charge is 0.138 e. The zero-order valence-corrected chi connectivity index (χ0v) is 26.2. The lowest BCUT2D eigenvalue weighted by molar-refractivity contribution is 0.769. The van der Waals surface area contributed by atoms with Crippen LogP contribution in [-0.2, 0) is 5.41 Å². The highest BCUT2D eigenvalue weighted by Crippen LogP contribution is 2.56. The average Bonchev–Trinajstić information content (AvgIpc) is 3.66. The fourth-order valence-electron chi connectivity index (χ4n) is 8.30. The van der Waals surface area contributed by atoms with Gasteiger partial charge in [-0.25, -0.2) is 4.98 Å². The third kappa shape index (κ3) is 3.72. The molecule has 0 spiro atoms. The Balaban J connectivity index is 1.32. The number of pyridine rings is 1. The summed E-state index contributed by atoms with van der Waals surface area (Å²) in [6.45, 7) is 0. The summed E-state index contributed by atoms with van der Waals surface area (Å²) in [4.78, 5) is 5.34. The first-order valence-corrected chi connectivity index (χ1v) is 16.6. The molecule has 0 aliphatic heterocycles. The second-order valence-corrected chi connectivity index (χ2v) is 12.7. The van der Waals surface area contributed by atoms with Crippen molar-refractivity contribution in [3.05, 3.63) is 204 Å². The molecule has 7 aromatic carbocycles. The van der Waals surface area contributed by atoms with Gasteiger partial charge in [-0.1, -0.05) is 158 Å². The monoisotopic (exact) mass is 610 g/mol. The highest BCUT2D eigenvalue weighted by Gasteiger charge is 2.46. The first-order valence-electron chi connectivity index (χ1n) is 16.6. The van der Waals surface area contributed by atoms with E-state index in [0.717, 1.165) is 27.8 Å². The number of benzene rings is 7. The molecule has 2 heteroatoms. The van der Waals surface area contributed by atoms with Gasteiger partial charge in [-0.05, 0) is 68.8 Å². The maximum Gasteiger partial charge on any atom is 0.138 e.